The monoisotopic (exact) mass is 216 g/mol. The minimum atomic E-state index is -0.0825. The van der Waals surface area contributed by atoms with Crippen molar-refractivity contribution in [3.05, 3.63) is 21.3 Å². The normalized spacial score (nSPS) is 28.2. The minimum absolute atomic E-state index is 0.0825. The molecule has 13 heavy (non-hydrogen) atoms. The Morgan fingerprint density at radius 2 is 2.31 bits per heavy atom. The number of rotatable bonds is 2. The molecule has 1 saturated carbocycles. The summed E-state index contributed by atoms with van der Waals surface area (Å²) in [7, 11) is 0. The molecular weight excluding hydrogens is 204 g/mol. The van der Waals surface area contributed by atoms with E-state index in [1.807, 2.05) is 6.07 Å². The van der Waals surface area contributed by atoms with Crippen molar-refractivity contribution >= 4 is 22.9 Å². The van der Waals surface area contributed by atoms with Crippen LogP contribution in [0.1, 0.15) is 24.1 Å². The molecule has 0 aliphatic heterocycles. The van der Waals surface area contributed by atoms with Crippen LogP contribution in [0.25, 0.3) is 0 Å². The smallest absolute Gasteiger partial charge is 0.0931 e. The molecule has 2 rings (SSSR count). The van der Waals surface area contributed by atoms with E-state index in [0.29, 0.717) is 5.92 Å². The van der Waals surface area contributed by atoms with Crippen LogP contribution in [0.4, 0.5) is 0 Å². The van der Waals surface area contributed by atoms with Gasteiger partial charge in [-0.15, -0.1) is 11.3 Å². The first-order chi connectivity index (χ1) is 6.25. The molecule has 1 aromatic rings. The predicted octanol–water partition coefficient (Wildman–Crippen LogP) is 3.11. The fourth-order valence-corrected chi connectivity index (χ4v) is 3.16. The number of aliphatic hydroxyl groups excluding tert-OH is 1. The molecule has 1 N–H and O–H groups in total. The number of halogens is 1. The molecule has 2 unspecified atom stereocenters. The molecule has 0 amide bonds. The van der Waals surface area contributed by atoms with E-state index in [-0.39, 0.29) is 6.10 Å². The van der Waals surface area contributed by atoms with Gasteiger partial charge in [0, 0.05) is 4.88 Å². The second kappa shape index (κ2) is 3.99. The van der Waals surface area contributed by atoms with Crippen molar-refractivity contribution in [1.82, 2.24) is 0 Å². The number of hydrogen-bond acceptors (Lipinski definition) is 2. The van der Waals surface area contributed by atoms with Crippen LogP contribution in [-0.2, 0) is 6.42 Å². The SMILES string of the molecule is OC1CCCC1Cc1ccc(Cl)s1. The van der Waals surface area contributed by atoms with Crippen molar-refractivity contribution in [3.8, 4) is 0 Å². The molecule has 72 valence electrons. The van der Waals surface area contributed by atoms with Gasteiger partial charge < -0.3 is 5.11 Å². The van der Waals surface area contributed by atoms with Crippen LogP contribution in [0.3, 0.4) is 0 Å². The lowest BCUT2D eigenvalue weighted by Gasteiger charge is -2.12. The molecule has 1 fully saturated rings. The highest BCUT2D eigenvalue weighted by molar-refractivity contribution is 7.16. The summed E-state index contributed by atoms with van der Waals surface area (Å²) in [6.07, 6.45) is 4.23. The summed E-state index contributed by atoms with van der Waals surface area (Å²) < 4.78 is 0.850. The first kappa shape index (κ1) is 9.50. The van der Waals surface area contributed by atoms with E-state index in [1.165, 1.54) is 11.3 Å². The second-order valence-electron chi connectivity index (χ2n) is 3.67. The Bertz CT molecular complexity index is 284. The van der Waals surface area contributed by atoms with E-state index < -0.39 is 0 Å². The first-order valence-corrected chi connectivity index (χ1v) is 5.87. The van der Waals surface area contributed by atoms with E-state index in [0.717, 1.165) is 23.6 Å². The second-order valence-corrected chi connectivity index (χ2v) is 5.47. The van der Waals surface area contributed by atoms with Crippen LogP contribution in [0.2, 0.25) is 4.34 Å². The molecular formula is C10H13ClOS. The van der Waals surface area contributed by atoms with Gasteiger partial charge in [-0.1, -0.05) is 18.0 Å². The molecule has 0 aromatic carbocycles. The highest BCUT2D eigenvalue weighted by atomic mass is 35.5. The molecule has 0 bridgehead atoms. The maximum atomic E-state index is 9.63. The number of hydrogen-bond donors (Lipinski definition) is 1. The Hall–Kier alpha value is -0.0500. The van der Waals surface area contributed by atoms with Gasteiger partial charge in [-0.3, -0.25) is 0 Å². The van der Waals surface area contributed by atoms with E-state index in [9.17, 15) is 5.11 Å². The van der Waals surface area contributed by atoms with Crippen molar-refractivity contribution in [2.45, 2.75) is 31.8 Å². The van der Waals surface area contributed by atoms with Gasteiger partial charge in [-0.05, 0) is 37.3 Å². The number of thiophene rings is 1. The summed E-state index contributed by atoms with van der Waals surface area (Å²) in [5.41, 5.74) is 0. The highest BCUT2D eigenvalue weighted by Gasteiger charge is 2.25. The lowest BCUT2D eigenvalue weighted by molar-refractivity contribution is 0.133. The molecule has 1 heterocycles. The lowest BCUT2D eigenvalue weighted by atomic mass is 10.0. The average Bonchev–Trinajstić information content (AvgIpc) is 2.64. The molecule has 0 spiro atoms. The first-order valence-electron chi connectivity index (χ1n) is 4.68. The minimum Gasteiger partial charge on any atom is -0.393 e. The zero-order chi connectivity index (χ0) is 9.26. The molecule has 1 nitrogen and oxygen atoms in total. The van der Waals surface area contributed by atoms with Gasteiger partial charge in [-0.25, -0.2) is 0 Å². The summed E-state index contributed by atoms with van der Waals surface area (Å²) in [6, 6.07) is 4.00. The summed E-state index contributed by atoms with van der Waals surface area (Å²) >= 11 is 7.47. The van der Waals surface area contributed by atoms with Gasteiger partial charge in [0.05, 0.1) is 10.4 Å². The van der Waals surface area contributed by atoms with E-state index in [2.05, 4.69) is 6.07 Å². The van der Waals surface area contributed by atoms with Crippen LogP contribution in [0, 0.1) is 5.92 Å². The van der Waals surface area contributed by atoms with Gasteiger partial charge in [0.1, 0.15) is 0 Å². The van der Waals surface area contributed by atoms with Crippen LogP contribution in [0.15, 0.2) is 12.1 Å². The third kappa shape index (κ3) is 2.25. The molecule has 3 heteroatoms. The Labute approximate surface area is 87.4 Å². The average molecular weight is 217 g/mol. The topological polar surface area (TPSA) is 20.2 Å². The van der Waals surface area contributed by atoms with E-state index in [1.54, 1.807) is 11.3 Å². The van der Waals surface area contributed by atoms with Gasteiger partial charge in [0.15, 0.2) is 0 Å². The Kier molecular flexibility index (Phi) is 2.92. The van der Waals surface area contributed by atoms with Crippen LogP contribution < -0.4 is 0 Å². The Balaban J connectivity index is 1.97. The molecule has 0 saturated heterocycles. The highest BCUT2D eigenvalue weighted by Crippen LogP contribution is 2.31. The fourth-order valence-electron chi connectivity index (χ4n) is 1.98. The van der Waals surface area contributed by atoms with Crippen LogP contribution in [0.5, 0.6) is 0 Å². The Morgan fingerprint density at radius 3 is 2.85 bits per heavy atom. The predicted molar refractivity (Wildman–Crippen MR) is 56.4 cm³/mol. The quantitative estimate of drug-likeness (QED) is 0.806. The summed E-state index contributed by atoms with van der Waals surface area (Å²) in [4.78, 5) is 1.30. The zero-order valence-corrected chi connectivity index (χ0v) is 8.94. The zero-order valence-electron chi connectivity index (χ0n) is 7.37. The van der Waals surface area contributed by atoms with Crippen molar-refractivity contribution < 1.29 is 5.11 Å². The Morgan fingerprint density at radius 1 is 1.46 bits per heavy atom. The van der Waals surface area contributed by atoms with Gasteiger partial charge in [0.25, 0.3) is 0 Å². The summed E-state index contributed by atoms with van der Waals surface area (Å²) in [6.45, 7) is 0. The standard InChI is InChI=1S/C10H13ClOS/c11-10-5-4-8(13-10)6-7-2-1-3-9(7)12/h4-5,7,9,12H,1-3,6H2. The molecule has 1 aliphatic rings. The maximum absolute atomic E-state index is 9.63. The van der Waals surface area contributed by atoms with Gasteiger partial charge >= 0.3 is 0 Å². The maximum Gasteiger partial charge on any atom is 0.0931 e. The molecule has 1 aromatic heterocycles. The van der Waals surface area contributed by atoms with Crippen LogP contribution in [-0.4, -0.2) is 11.2 Å². The van der Waals surface area contributed by atoms with Crippen molar-refractivity contribution in [2.24, 2.45) is 5.92 Å². The number of aliphatic hydroxyl groups is 1. The van der Waals surface area contributed by atoms with Gasteiger partial charge in [0.2, 0.25) is 0 Å². The summed E-state index contributed by atoms with van der Waals surface area (Å²) in [5.74, 6) is 0.467. The summed E-state index contributed by atoms with van der Waals surface area (Å²) in [5, 5.41) is 9.63. The molecule has 1 aliphatic carbocycles. The van der Waals surface area contributed by atoms with Crippen LogP contribution >= 0.6 is 22.9 Å². The third-order valence-corrected chi connectivity index (χ3v) is 3.96. The van der Waals surface area contributed by atoms with Crippen molar-refractivity contribution in [3.63, 3.8) is 0 Å². The molecule has 0 radical (unpaired) electrons. The third-order valence-electron chi connectivity index (χ3n) is 2.71. The fraction of sp³-hybridized carbons (Fsp3) is 0.600. The molecule has 2 atom stereocenters. The van der Waals surface area contributed by atoms with Crippen molar-refractivity contribution in [2.75, 3.05) is 0 Å². The van der Waals surface area contributed by atoms with Crippen molar-refractivity contribution in [1.29, 1.82) is 0 Å². The van der Waals surface area contributed by atoms with E-state index in [4.69, 9.17) is 11.6 Å². The van der Waals surface area contributed by atoms with Gasteiger partial charge in [-0.2, -0.15) is 0 Å². The largest absolute Gasteiger partial charge is 0.393 e. The lowest BCUT2D eigenvalue weighted by Crippen LogP contribution is -2.14. The van der Waals surface area contributed by atoms with E-state index >= 15 is 0 Å².